The number of anilines is 1. The summed E-state index contributed by atoms with van der Waals surface area (Å²) in [6.45, 7) is 5.53. The van der Waals surface area contributed by atoms with E-state index in [-0.39, 0.29) is 5.91 Å². The first kappa shape index (κ1) is 18.9. The zero-order valence-electron chi connectivity index (χ0n) is 15.5. The number of esters is 1. The quantitative estimate of drug-likeness (QED) is 0.619. The van der Waals surface area contributed by atoms with Crippen molar-refractivity contribution in [3.8, 4) is 11.1 Å². The van der Waals surface area contributed by atoms with E-state index in [1.54, 1.807) is 13.0 Å². The van der Waals surface area contributed by atoms with Crippen molar-refractivity contribution >= 4 is 28.9 Å². The van der Waals surface area contributed by atoms with Crippen molar-refractivity contribution in [1.29, 1.82) is 0 Å². The van der Waals surface area contributed by atoms with Crippen LogP contribution in [0.25, 0.3) is 11.1 Å². The van der Waals surface area contributed by atoms with Crippen LogP contribution in [-0.2, 0) is 9.53 Å². The highest BCUT2D eigenvalue weighted by Crippen LogP contribution is 2.29. The van der Waals surface area contributed by atoms with E-state index >= 15 is 0 Å². The van der Waals surface area contributed by atoms with E-state index in [2.05, 4.69) is 5.32 Å². The van der Waals surface area contributed by atoms with E-state index in [0.717, 1.165) is 22.3 Å². The van der Waals surface area contributed by atoms with Crippen molar-refractivity contribution in [1.82, 2.24) is 0 Å². The second-order valence-corrected chi connectivity index (χ2v) is 7.35. The molecule has 4 nitrogen and oxygen atoms in total. The molecule has 1 heterocycles. The minimum atomic E-state index is -0.897. The number of hydrogen-bond acceptors (Lipinski definition) is 4. The number of carbonyl (C=O) groups is 2. The van der Waals surface area contributed by atoms with E-state index in [9.17, 15) is 9.59 Å². The van der Waals surface area contributed by atoms with Gasteiger partial charge in [-0.2, -0.15) is 0 Å². The lowest BCUT2D eigenvalue weighted by Crippen LogP contribution is -2.29. The first-order chi connectivity index (χ1) is 12.9. The van der Waals surface area contributed by atoms with E-state index in [1.165, 1.54) is 11.3 Å². The van der Waals surface area contributed by atoms with Crippen LogP contribution >= 0.6 is 11.3 Å². The fourth-order valence-corrected chi connectivity index (χ4v) is 3.46. The molecule has 0 radical (unpaired) electrons. The standard InChI is InChI=1S/C22H21NO3S/c1-14-7-9-17(10-8-14)19-11-12-27-20(19)22(25)26-16(3)21(24)23-18-6-4-5-15(2)13-18/h4-13,16H,1-3H3,(H,23,24)/t16-/m1/s1. The van der Waals surface area contributed by atoms with Gasteiger partial charge >= 0.3 is 5.97 Å². The molecule has 0 aliphatic heterocycles. The van der Waals surface area contributed by atoms with Crippen molar-refractivity contribution in [2.24, 2.45) is 0 Å². The van der Waals surface area contributed by atoms with E-state index in [4.69, 9.17) is 4.74 Å². The molecule has 0 aliphatic rings. The third-order valence-corrected chi connectivity index (χ3v) is 5.05. The van der Waals surface area contributed by atoms with Gasteiger partial charge in [-0.1, -0.05) is 42.0 Å². The van der Waals surface area contributed by atoms with Crippen LogP contribution in [0.1, 0.15) is 27.7 Å². The minimum absolute atomic E-state index is 0.359. The second kappa shape index (κ2) is 8.18. The molecule has 1 N–H and O–H groups in total. The van der Waals surface area contributed by atoms with Gasteiger partial charge in [-0.3, -0.25) is 4.79 Å². The highest BCUT2D eigenvalue weighted by atomic mass is 32.1. The van der Waals surface area contributed by atoms with Crippen molar-refractivity contribution in [3.05, 3.63) is 76.0 Å². The highest BCUT2D eigenvalue weighted by molar-refractivity contribution is 7.12. The van der Waals surface area contributed by atoms with Gasteiger partial charge in [-0.15, -0.1) is 11.3 Å². The summed E-state index contributed by atoms with van der Waals surface area (Å²) in [5.41, 5.74) is 4.64. The summed E-state index contributed by atoms with van der Waals surface area (Å²) in [6.07, 6.45) is -0.897. The second-order valence-electron chi connectivity index (χ2n) is 6.44. The Kier molecular flexibility index (Phi) is 5.72. The third kappa shape index (κ3) is 4.63. The molecule has 1 aromatic heterocycles. The fourth-order valence-electron chi connectivity index (χ4n) is 2.66. The third-order valence-electron chi connectivity index (χ3n) is 4.15. The molecule has 1 atom stereocenters. The van der Waals surface area contributed by atoms with Crippen LogP contribution in [0.4, 0.5) is 5.69 Å². The molecule has 0 bridgehead atoms. The number of hydrogen-bond donors (Lipinski definition) is 1. The molecule has 0 spiro atoms. The molecule has 3 rings (SSSR count). The maximum absolute atomic E-state index is 12.6. The lowest BCUT2D eigenvalue weighted by Gasteiger charge is -2.14. The summed E-state index contributed by atoms with van der Waals surface area (Å²) in [6, 6.07) is 17.3. The Labute approximate surface area is 162 Å². The number of nitrogens with one attached hydrogen (secondary N) is 1. The van der Waals surface area contributed by atoms with Crippen molar-refractivity contribution < 1.29 is 14.3 Å². The number of thiophene rings is 1. The van der Waals surface area contributed by atoms with Gasteiger partial charge in [0.25, 0.3) is 5.91 Å². The Morgan fingerprint density at radius 2 is 1.74 bits per heavy atom. The topological polar surface area (TPSA) is 55.4 Å². The van der Waals surface area contributed by atoms with Gasteiger partial charge in [0, 0.05) is 11.3 Å². The molecule has 0 unspecified atom stereocenters. The molecule has 3 aromatic rings. The summed E-state index contributed by atoms with van der Waals surface area (Å²) in [5, 5.41) is 4.62. The Balaban J connectivity index is 1.69. The molecule has 5 heteroatoms. The van der Waals surface area contributed by atoms with Gasteiger partial charge in [-0.05, 0) is 55.5 Å². The van der Waals surface area contributed by atoms with Crippen LogP contribution in [0.2, 0.25) is 0 Å². The van der Waals surface area contributed by atoms with Gasteiger partial charge in [0.2, 0.25) is 0 Å². The average Bonchev–Trinajstić information content (AvgIpc) is 3.12. The summed E-state index contributed by atoms with van der Waals surface area (Å²) < 4.78 is 5.40. The largest absolute Gasteiger partial charge is 0.448 e. The molecular formula is C22H21NO3S. The summed E-state index contributed by atoms with van der Waals surface area (Å²) in [5.74, 6) is -0.852. The number of carbonyl (C=O) groups excluding carboxylic acids is 2. The average molecular weight is 379 g/mol. The molecule has 138 valence electrons. The molecule has 1 amide bonds. The number of amides is 1. The zero-order valence-corrected chi connectivity index (χ0v) is 16.3. The van der Waals surface area contributed by atoms with Crippen LogP contribution in [0, 0.1) is 13.8 Å². The van der Waals surface area contributed by atoms with Crippen molar-refractivity contribution in [2.45, 2.75) is 26.9 Å². The predicted molar refractivity (Wildman–Crippen MR) is 109 cm³/mol. The lowest BCUT2D eigenvalue weighted by molar-refractivity contribution is -0.123. The Bertz CT molecular complexity index is 960. The maximum Gasteiger partial charge on any atom is 0.349 e. The minimum Gasteiger partial charge on any atom is -0.448 e. The predicted octanol–water partition coefficient (Wildman–Crippen LogP) is 5.22. The Morgan fingerprint density at radius 1 is 1.00 bits per heavy atom. The normalized spacial score (nSPS) is 11.7. The lowest BCUT2D eigenvalue weighted by atomic mass is 10.1. The van der Waals surface area contributed by atoms with Crippen LogP contribution in [0.15, 0.2) is 60.0 Å². The first-order valence-corrected chi connectivity index (χ1v) is 9.55. The van der Waals surface area contributed by atoms with Crippen LogP contribution in [-0.4, -0.2) is 18.0 Å². The summed E-state index contributed by atoms with van der Waals surface area (Å²) in [7, 11) is 0. The van der Waals surface area contributed by atoms with Crippen LogP contribution in [0.5, 0.6) is 0 Å². The number of benzene rings is 2. The van der Waals surface area contributed by atoms with Crippen LogP contribution in [0.3, 0.4) is 0 Å². The molecule has 0 fully saturated rings. The van der Waals surface area contributed by atoms with E-state index < -0.39 is 12.1 Å². The maximum atomic E-state index is 12.6. The zero-order chi connectivity index (χ0) is 19.4. The van der Waals surface area contributed by atoms with Gasteiger partial charge in [-0.25, -0.2) is 4.79 Å². The molecule has 2 aromatic carbocycles. The van der Waals surface area contributed by atoms with Crippen molar-refractivity contribution in [3.63, 3.8) is 0 Å². The van der Waals surface area contributed by atoms with Gasteiger partial charge in [0.15, 0.2) is 6.10 Å². The smallest absolute Gasteiger partial charge is 0.349 e. The Hall–Kier alpha value is -2.92. The number of aryl methyl sites for hydroxylation is 2. The molecule has 0 aliphatic carbocycles. The molecule has 27 heavy (non-hydrogen) atoms. The van der Waals surface area contributed by atoms with Gasteiger partial charge in [0.1, 0.15) is 4.88 Å². The van der Waals surface area contributed by atoms with Gasteiger partial charge < -0.3 is 10.1 Å². The van der Waals surface area contributed by atoms with Crippen LogP contribution < -0.4 is 5.32 Å². The van der Waals surface area contributed by atoms with Gasteiger partial charge in [0.05, 0.1) is 0 Å². The van der Waals surface area contributed by atoms with Crippen molar-refractivity contribution in [2.75, 3.05) is 5.32 Å². The SMILES string of the molecule is Cc1ccc(-c2ccsc2C(=O)O[C@H](C)C(=O)Nc2cccc(C)c2)cc1. The molecular weight excluding hydrogens is 358 g/mol. The number of ether oxygens (including phenoxy) is 1. The first-order valence-electron chi connectivity index (χ1n) is 8.67. The number of rotatable bonds is 5. The monoisotopic (exact) mass is 379 g/mol. The summed E-state index contributed by atoms with van der Waals surface area (Å²) >= 11 is 1.31. The highest BCUT2D eigenvalue weighted by Gasteiger charge is 2.22. The molecule has 0 saturated carbocycles. The molecule has 0 saturated heterocycles. The summed E-state index contributed by atoms with van der Waals surface area (Å²) in [4.78, 5) is 25.4. The Morgan fingerprint density at radius 3 is 2.44 bits per heavy atom. The van der Waals surface area contributed by atoms with E-state index in [1.807, 2.05) is 67.8 Å². The fraction of sp³-hybridized carbons (Fsp3) is 0.182. The van der Waals surface area contributed by atoms with E-state index in [0.29, 0.717) is 10.6 Å².